The summed E-state index contributed by atoms with van der Waals surface area (Å²) >= 11 is 0. The second kappa shape index (κ2) is 12.0. The maximum absolute atomic E-state index is 12.1. The average molecular weight is 399 g/mol. The van der Waals surface area contributed by atoms with Gasteiger partial charge in [0.25, 0.3) is 0 Å². The molecule has 0 aliphatic rings. The number of aliphatic hydroxyl groups excluding tert-OH is 1. The second-order valence-corrected chi connectivity index (χ2v) is 6.40. The van der Waals surface area contributed by atoms with Gasteiger partial charge in [0.1, 0.15) is 12.1 Å². The van der Waals surface area contributed by atoms with Crippen LogP contribution in [0.5, 0.6) is 0 Å². The van der Waals surface area contributed by atoms with E-state index in [9.17, 15) is 14.4 Å². The van der Waals surface area contributed by atoms with Crippen molar-refractivity contribution >= 4 is 17.7 Å². The van der Waals surface area contributed by atoms with Crippen LogP contribution in [-0.4, -0.2) is 52.2 Å². The first-order chi connectivity index (χ1) is 13.3. The van der Waals surface area contributed by atoms with Crippen molar-refractivity contribution in [1.82, 2.24) is 20.8 Å². The molecule has 158 valence electrons. The van der Waals surface area contributed by atoms with E-state index in [2.05, 4.69) is 20.8 Å². The van der Waals surface area contributed by atoms with E-state index in [0.717, 1.165) is 12.8 Å². The number of primary amides is 1. The van der Waals surface area contributed by atoms with Gasteiger partial charge in [0.15, 0.2) is 11.6 Å². The molecule has 3 atom stereocenters. The number of Topliss-reactive ketones (excluding diaryl/α,β-unsaturated/α-hetero) is 1. The Labute approximate surface area is 162 Å². The molecule has 0 aromatic carbocycles. The van der Waals surface area contributed by atoms with Crippen LogP contribution in [0.25, 0.3) is 0 Å². The van der Waals surface area contributed by atoms with Crippen molar-refractivity contribution in [2.45, 2.75) is 57.2 Å². The lowest BCUT2D eigenvalue weighted by Gasteiger charge is -2.18. The van der Waals surface area contributed by atoms with Crippen molar-refractivity contribution in [1.29, 1.82) is 0 Å². The number of carbonyl (C=O) groups excluding carboxylic acids is 3. The summed E-state index contributed by atoms with van der Waals surface area (Å²) < 4.78 is 5.19. The molecule has 0 aliphatic heterocycles. The van der Waals surface area contributed by atoms with E-state index < -0.39 is 42.5 Å². The quantitative estimate of drug-likeness (QED) is 0.218. The fraction of sp³-hybridized carbons (Fsp3) is 0.688. The SMILES string of the molecule is CC(=O)[C@H](CO)NC(=O)N[C@@H](CCC(N)=O)c1nc([C@@H](N)CCCCN)no1. The van der Waals surface area contributed by atoms with Gasteiger partial charge in [-0.1, -0.05) is 11.6 Å². The maximum Gasteiger partial charge on any atom is 0.316 e. The van der Waals surface area contributed by atoms with Crippen LogP contribution in [0, 0.1) is 0 Å². The Morgan fingerprint density at radius 2 is 1.93 bits per heavy atom. The topological polar surface area (TPSA) is 212 Å². The fourth-order valence-electron chi connectivity index (χ4n) is 2.36. The third kappa shape index (κ3) is 7.98. The monoisotopic (exact) mass is 399 g/mol. The Morgan fingerprint density at radius 1 is 1.21 bits per heavy atom. The van der Waals surface area contributed by atoms with Gasteiger partial charge in [0, 0.05) is 6.42 Å². The molecule has 0 aliphatic carbocycles. The molecular formula is C16H29N7O5. The standard InChI is InChI=1S/C16H29N7O5/c1-9(25)12(8-24)21-16(27)20-11(5-6-13(19)26)15-22-14(23-28-15)10(18)4-2-3-7-17/h10-12,24H,2-8,17-18H2,1H3,(H2,19,26)(H2,20,21,27)/t10-,11-,12-/m0/s1. The lowest BCUT2D eigenvalue weighted by molar-refractivity contribution is -0.119. The fourth-order valence-corrected chi connectivity index (χ4v) is 2.36. The molecule has 1 aromatic heterocycles. The summed E-state index contributed by atoms with van der Waals surface area (Å²) in [4.78, 5) is 38.8. The average Bonchev–Trinajstić information content (AvgIpc) is 3.13. The van der Waals surface area contributed by atoms with Crippen molar-refractivity contribution in [3.8, 4) is 0 Å². The number of hydrogen-bond acceptors (Lipinski definition) is 9. The van der Waals surface area contributed by atoms with Crippen molar-refractivity contribution in [3.05, 3.63) is 11.7 Å². The Kier molecular flexibility index (Phi) is 10.1. The van der Waals surface area contributed by atoms with E-state index in [-0.39, 0.29) is 24.6 Å². The number of nitrogens with zero attached hydrogens (tertiary/aromatic N) is 2. The van der Waals surface area contributed by atoms with Crippen LogP contribution in [0.4, 0.5) is 4.79 Å². The highest BCUT2D eigenvalue weighted by Crippen LogP contribution is 2.20. The Balaban J connectivity index is 2.82. The van der Waals surface area contributed by atoms with Gasteiger partial charge < -0.3 is 37.5 Å². The molecule has 0 unspecified atom stereocenters. The van der Waals surface area contributed by atoms with Crippen LogP contribution in [-0.2, 0) is 9.59 Å². The molecular weight excluding hydrogens is 370 g/mol. The van der Waals surface area contributed by atoms with Gasteiger partial charge >= 0.3 is 6.03 Å². The maximum atomic E-state index is 12.1. The van der Waals surface area contributed by atoms with Crippen LogP contribution < -0.4 is 27.8 Å². The minimum atomic E-state index is -1.05. The first-order valence-electron chi connectivity index (χ1n) is 9.04. The normalized spacial score (nSPS) is 14.1. The van der Waals surface area contributed by atoms with Gasteiger partial charge in [-0.3, -0.25) is 9.59 Å². The molecule has 12 nitrogen and oxygen atoms in total. The van der Waals surface area contributed by atoms with Crippen LogP contribution in [0.3, 0.4) is 0 Å². The summed E-state index contributed by atoms with van der Waals surface area (Å²) in [7, 11) is 0. The molecule has 28 heavy (non-hydrogen) atoms. The molecule has 0 fully saturated rings. The molecule has 1 rings (SSSR count). The zero-order chi connectivity index (χ0) is 21.1. The van der Waals surface area contributed by atoms with Crippen LogP contribution >= 0.6 is 0 Å². The summed E-state index contributed by atoms with van der Waals surface area (Å²) in [6.07, 6.45) is 2.31. The molecule has 0 saturated heterocycles. The number of nitrogens with one attached hydrogen (secondary N) is 2. The van der Waals surface area contributed by atoms with Gasteiger partial charge in [0.05, 0.1) is 12.6 Å². The number of carbonyl (C=O) groups is 3. The van der Waals surface area contributed by atoms with E-state index in [1.807, 2.05) is 0 Å². The first kappa shape index (κ1) is 23.5. The highest BCUT2D eigenvalue weighted by Gasteiger charge is 2.25. The van der Waals surface area contributed by atoms with Crippen molar-refractivity contribution in [2.75, 3.05) is 13.2 Å². The van der Waals surface area contributed by atoms with Gasteiger partial charge in [-0.25, -0.2) is 4.79 Å². The molecule has 0 bridgehead atoms. The molecule has 1 aromatic rings. The van der Waals surface area contributed by atoms with Crippen LogP contribution in [0.1, 0.15) is 62.8 Å². The summed E-state index contributed by atoms with van der Waals surface area (Å²) in [6.45, 7) is 1.26. The molecule has 12 heteroatoms. The van der Waals surface area contributed by atoms with Crippen molar-refractivity contribution < 1.29 is 24.0 Å². The summed E-state index contributed by atoms with van der Waals surface area (Å²) in [5.74, 6) is -0.642. The van der Waals surface area contributed by atoms with E-state index in [1.54, 1.807) is 0 Å². The predicted octanol–water partition coefficient (Wildman–Crippen LogP) is -1.25. The number of urea groups is 1. The van der Waals surface area contributed by atoms with Gasteiger partial charge in [0.2, 0.25) is 11.8 Å². The van der Waals surface area contributed by atoms with Gasteiger partial charge in [-0.05, 0) is 32.7 Å². The van der Waals surface area contributed by atoms with E-state index in [1.165, 1.54) is 6.92 Å². The minimum Gasteiger partial charge on any atom is -0.394 e. The summed E-state index contributed by atoms with van der Waals surface area (Å²) in [6, 6.07) is -3.07. The third-order valence-electron chi connectivity index (χ3n) is 4.02. The van der Waals surface area contributed by atoms with Crippen molar-refractivity contribution in [2.24, 2.45) is 17.2 Å². The van der Waals surface area contributed by atoms with Gasteiger partial charge in [-0.15, -0.1) is 0 Å². The van der Waals surface area contributed by atoms with E-state index in [0.29, 0.717) is 13.0 Å². The Hall–Kier alpha value is -2.57. The summed E-state index contributed by atoms with van der Waals surface area (Å²) in [5.41, 5.74) is 16.6. The third-order valence-corrected chi connectivity index (χ3v) is 4.02. The highest BCUT2D eigenvalue weighted by atomic mass is 16.5. The lowest BCUT2D eigenvalue weighted by atomic mass is 10.1. The molecule has 0 spiro atoms. The number of unbranched alkanes of at least 4 members (excludes halogenated alkanes) is 1. The lowest BCUT2D eigenvalue weighted by Crippen LogP contribution is -2.48. The largest absolute Gasteiger partial charge is 0.394 e. The number of aromatic nitrogens is 2. The highest BCUT2D eigenvalue weighted by molar-refractivity contribution is 5.87. The number of rotatable bonds is 13. The first-order valence-corrected chi connectivity index (χ1v) is 9.04. The smallest absolute Gasteiger partial charge is 0.316 e. The zero-order valence-corrected chi connectivity index (χ0v) is 15.9. The van der Waals surface area contributed by atoms with Gasteiger partial charge in [-0.2, -0.15) is 4.98 Å². The second-order valence-electron chi connectivity index (χ2n) is 6.40. The summed E-state index contributed by atoms with van der Waals surface area (Å²) in [5, 5.41) is 17.8. The van der Waals surface area contributed by atoms with Crippen molar-refractivity contribution in [3.63, 3.8) is 0 Å². The van der Waals surface area contributed by atoms with E-state index >= 15 is 0 Å². The number of amides is 3. The Morgan fingerprint density at radius 3 is 2.50 bits per heavy atom. The molecule has 3 amide bonds. The zero-order valence-electron chi connectivity index (χ0n) is 15.9. The Bertz CT molecular complexity index is 651. The van der Waals surface area contributed by atoms with E-state index in [4.69, 9.17) is 26.8 Å². The number of hydrogen-bond donors (Lipinski definition) is 6. The predicted molar refractivity (Wildman–Crippen MR) is 98.5 cm³/mol. The molecule has 0 radical (unpaired) electrons. The number of nitrogens with two attached hydrogens (primary N) is 3. The van der Waals surface area contributed by atoms with Crippen LogP contribution in [0.2, 0.25) is 0 Å². The molecule has 1 heterocycles. The molecule has 0 saturated carbocycles. The number of aliphatic hydroxyl groups is 1. The number of ketones is 1. The minimum absolute atomic E-state index is 0.0403. The molecule has 9 N–H and O–H groups in total. The van der Waals surface area contributed by atoms with Crippen LogP contribution in [0.15, 0.2) is 4.52 Å².